The van der Waals surface area contributed by atoms with Crippen LogP contribution in [0.4, 0.5) is 14.5 Å². The van der Waals surface area contributed by atoms with Crippen LogP contribution in [0, 0.1) is 17.6 Å². The number of benzene rings is 1. The van der Waals surface area contributed by atoms with Gasteiger partial charge in [0.15, 0.2) is 11.6 Å². The third-order valence-electron chi connectivity index (χ3n) is 3.61. The van der Waals surface area contributed by atoms with Gasteiger partial charge in [0.05, 0.1) is 18.2 Å². The molecule has 1 aliphatic carbocycles. The van der Waals surface area contributed by atoms with Crippen molar-refractivity contribution in [1.29, 1.82) is 0 Å². The number of rotatable bonds is 4. The average Bonchev–Trinajstić information content (AvgIpc) is 2.44. The first-order chi connectivity index (χ1) is 9.61. The van der Waals surface area contributed by atoms with Crippen molar-refractivity contribution in [3.63, 3.8) is 0 Å². The van der Waals surface area contributed by atoms with E-state index in [1.165, 1.54) is 12.1 Å². The molecular formula is C15H19F2NO2. The summed E-state index contributed by atoms with van der Waals surface area (Å²) in [7, 11) is 0. The fourth-order valence-electron chi connectivity index (χ4n) is 2.63. The standard InChI is InChI=1S/C15H19F2NO2/c1-2-20-15(19)10-5-3-6-11(9-10)18-13-8-4-7-12(16)14(13)17/h4,7-8,10-11,18H,2-3,5-6,9H2,1H3. The van der Waals surface area contributed by atoms with Gasteiger partial charge in [-0.25, -0.2) is 8.78 Å². The number of carbonyl (C=O) groups excluding carboxylic acids is 1. The summed E-state index contributed by atoms with van der Waals surface area (Å²) in [6.45, 7) is 2.14. The van der Waals surface area contributed by atoms with Gasteiger partial charge in [0, 0.05) is 6.04 Å². The van der Waals surface area contributed by atoms with Crippen molar-refractivity contribution in [2.75, 3.05) is 11.9 Å². The maximum absolute atomic E-state index is 13.6. The Morgan fingerprint density at radius 2 is 2.20 bits per heavy atom. The molecular weight excluding hydrogens is 264 g/mol. The highest BCUT2D eigenvalue weighted by molar-refractivity contribution is 5.72. The van der Waals surface area contributed by atoms with Crippen LogP contribution in [0.5, 0.6) is 0 Å². The van der Waals surface area contributed by atoms with Gasteiger partial charge in [-0.05, 0) is 38.3 Å². The van der Waals surface area contributed by atoms with Gasteiger partial charge in [-0.15, -0.1) is 0 Å². The summed E-state index contributed by atoms with van der Waals surface area (Å²) in [5.74, 6) is -2.09. The molecule has 0 radical (unpaired) electrons. The third kappa shape index (κ3) is 3.46. The minimum absolute atomic E-state index is 0.0329. The van der Waals surface area contributed by atoms with Crippen molar-refractivity contribution in [2.24, 2.45) is 5.92 Å². The zero-order valence-electron chi connectivity index (χ0n) is 11.5. The summed E-state index contributed by atoms with van der Waals surface area (Å²) < 4.78 is 31.8. The number of anilines is 1. The molecule has 0 amide bonds. The van der Waals surface area contributed by atoms with E-state index in [0.29, 0.717) is 13.0 Å². The van der Waals surface area contributed by atoms with Crippen molar-refractivity contribution in [3.8, 4) is 0 Å². The Kier molecular flexibility index (Phi) is 4.93. The molecule has 1 aromatic rings. The minimum Gasteiger partial charge on any atom is -0.466 e. The largest absolute Gasteiger partial charge is 0.466 e. The lowest BCUT2D eigenvalue weighted by molar-refractivity contribution is -0.149. The molecule has 0 bridgehead atoms. The highest BCUT2D eigenvalue weighted by Gasteiger charge is 2.28. The molecule has 1 saturated carbocycles. The van der Waals surface area contributed by atoms with Gasteiger partial charge in [-0.2, -0.15) is 0 Å². The molecule has 1 aliphatic rings. The molecule has 0 aliphatic heterocycles. The van der Waals surface area contributed by atoms with Crippen LogP contribution in [0.3, 0.4) is 0 Å². The number of ether oxygens (including phenoxy) is 1. The van der Waals surface area contributed by atoms with Crippen molar-refractivity contribution < 1.29 is 18.3 Å². The molecule has 3 nitrogen and oxygen atoms in total. The smallest absolute Gasteiger partial charge is 0.308 e. The molecule has 0 heterocycles. The Balaban J connectivity index is 1.99. The molecule has 0 saturated heterocycles. The number of hydrogen-bond acceptors (Lipinski definition) is 3. The fourth-order valence-corrected chi connectivity index (χ4v) is 2.63. The van der Waals surface area contributed by atoms with Crippen molar-refractivity contribution >= 4 is 11.7 Å². The first-order valence-electron chi connectivity index (χ1n) is 6.99. The van der Waals surface area contributed by atoms with Gasteiger partial charge in [-0.3, -0.25) is 4.79 Å². The van der Waals surface area contributed by atoms with Gasteiger partial charge < -0.3 is 10.1 Å². The molecule has 2 unspecified atom stereocenters. The highest BCUT2D eigenvalue weighted by Crippen LogP contribution is 2.28. The SMILES string of the molecule is CCOC(=O)C1CCCC(Nc2cccc(F)c2F)C1. The summed E-state index contributed by atoms with van der Waals surface area (Å²) in [5, 5.41) is 2.99. The molecule has 1 aromatic carbocycles. The minimum atomic E-state index is -0.870. The van der Waals surface area contributed by atoms with E-state index in [-0.39, 0.29) is 23.6 Å². The van der Waals surface area contributed by atoms with E-state index in [2.05, 4.69) is 5.32 Å². The van der Waals surface area contributed by atoms with Crippen LogP contribution in [-0.4, -0.2) is 18.6 Å². The van der Waals surface area contributed by atoms with Crippen LogP contribution < -0.4 is 5.32 Å². The van der Waals surface area contributed by atoms with Gasteiger partial charge in [0.1, 0.15) is 0 Å². The van der Waals surface area contributed by atoms with E-state index in [0.717, 1.165) is 25.3 Å². The topological polar surface area (TPSA) is 38.3 Å². The van der Waals surface area contributed by atoms with Crippen molar-refractivity contribution in [2.45, 2.75) is 38.6 Å². The van der Waals surface area contributed by atoms with Crippen molar-refractivity contribution in [3.05, 3.63) is 29.8 Å². The lowest BCUT2D eigenvalue weighted by Crippen LogP contribution is -2.32. The lowest BCUT2D eigenvalue weighted by Gasteiger charge is -2.29. The average molecular weight is 283 g/mol. The Bertz CT molecular complexity index is 479. The van der Waals surface area contributed by atoms with E-state index in [9.17, 15) is 13.6 Å². The van der Waals surface area contributed by atoms with Crippen LogP contribution in [0.15, 0.2) is 18.2 Å². The first-order valence-corrected chi connectivity index (χ1v) is 6.99. The number of hydrogen-bond donors (Lipinski definition) is 1. The quantitative estimate of drug-likeness (QED) is 0.859. The Morgan fingerprint density at radius 3 is 2.95 bits per heavy atom. The van der Waals surface area contributed by atoms with Gasteiger partial charge in [-0.1, -0.05) is 12.5 Å². The van der Waals surface area contributed by atoms with E-state index in [1.807, 2.05) is 0 Å². The predicted octanol–water partition coefficient (Wildman–Crippen LogP) is 3.50. The Morgan fingerprint density at radius 1 is 1.40 bits per heavy atom. The third-order valence-corrected chi connectivity index (χ3v) is 3.61. The van der Waals surface area contributed by atoms with E-state index >= 15 is 0 Å². The second-order valence-corrected chi connectivity index (χ2v) is 5.06. The van der Waals surface area contributed by atoms with E-state index in [1.54, 1.807) is 6.92 Å². The lowest BCUT2D eigenvalue weighted by atomic mass is 9.85. The molecule has 2 atom stereocenters. The fraction of sp³-hybridized carbons (Fsp3) is 0.533. The number of esters is 1. The molecule has 1 fully saturated rings. The molecule has 110 valence electrons. The van der Waals surface area contributed by atoms with Crippen LogP contribution in [0.2, 0.25) is 0 Å². The summed E-state index contributed by atoms with van der Waals surface area (Å²) in [5.41, 5.74) is 0.152. The summed E-state index contributed by atoms with van der Waals surface area (Å²) in [4.78, 5) is 11.7. The Labute approximate surface area is 117 Å². The molecule has 0 spiro atoms. The summed E-state index contributed by atoms with van der Waals surface area (Å²) in [6.07, 6.45) is 3.10. The molecule has 0 aromatic heterocycles. The Hall–Kier alpha value is -1.65. The maximum Gasteiger partial charge on any atom is 0.308 e. The zero-order chi connectivity index (χ0) is 14.5. The van der Waals surface area contributed by atoms with E-state index < -0.39 is 11.6 Å². The zero-order valence-corrected chi connectivity index (χ0v) is 11.5. The normalized spacial score (nSPS) is 22.4. The first kappa shape index (κ1) is 14.8. The van der Waals surface area contributed by atoms with Crippen molar-refractivity contribution in [1.82, 2.24) is 0 Å². The number of nitrogens with one attached hydrogen (secondary N) is 1. The van der Waals surface area contributed by atoms with Crippen LogP contribution in [0.25, 0.3) is 0 Å². The van der Waals surface area contributed by atoms with Gasteiger partial charge in [0.2, 0.25) is 0 Å². The van der Waals surface area contributed by atoms with Crippen LogP contribution in [-0.2, 0) is 9.53 Å². The van der Waals surface area contributed by atoms with Gasteiger partial charge in [0.25, 0.3) is 0 Å². The van der Waals surface area contributed by atoms with Crippen LogP contribution in [0.1, 0.15) is 32.6 Å². The maximum atomic E-state index is 13.6. The molecule has 20 heavy (non-hydrogen) atoms. The highest BCUT2D eigenvalue weighted by atomic mass is 19.2. The molecule has 1 N–H and O–H groups in total. The summed E-state index contributed by atoms with van der Waals surface area (Å²) in [6, 6.07) is 4.02. The number of halogens is 2. The second-order valence-electron chi connectivity index (χ2n) is 5.06. The van der Waals surface area contributed by atoms with E-state index in [4.69, 9.17) is 4.74 Å². The predicted molar refractivity (Wildman–Crippen MR) is 72.4 cm³/mol. The monoisotopic (exact) mass is 283 g/mol. The van der Waals surface area contributed by atoms with Gasteiger partial charge >= 0.3 is 5.97 Å². The molecule has 2 rings (SSSR count). The number of carbonyl (C=O) groups is 1. The summed E-state index contributed by atoms with van der Waals surface area (Å²) >= 11 is 0. The molecule has 5 heteroatoms. The van der Waals surface area contributed by atoms with Crippen LogP contribution >= 0.6 is 0 Å². The second kappa shape index (κ2) is 6.68.